The van der Waals surface area contributed by atoms with Gasteiger partial charge in [-0.2, -0.15) is 5.26 Å². The fourth-order valence-corrected chi connectivity index (χ4v) is 5.19. The first kappa shape index (κ1) is 21.7. The lowest BCUT2D eigenvalue weighted by molar-refractivity contribution is 0.373. The number of nitrogens with zero attached hydrogens (tertiary/aromatic N) is 4. The van der Waals surface area contributed by atoms with Gasteiger partial charge in [0.05, 0.1) is 19.2 Å². The molecule has 2 heterocycles. The second-order valence-electron chi connectivity index (χ2n) is 8.73. The maximum absolute atomic E-state index is 14.6. The molecule has 170 valence electrons. The van der Waals surface area contributed by atoms with Crippen LogP contribution in [0.3, 0.4) is 0 Å². The number of methoxy groups -OCH3 is 1. The van der Waals surface area contributed by atoms with E-state index in [2.05, 4.69) is 14.7 Å². The van der Waals surface area contributed by atoms with Crippen molar-refractivity contribution in [1.29, 1.82) is 5.26 Å². The van der Waals surface area contributed by atoms with E-state index in [4.69, 9.17) is 22.3 Å². The molecular formula is C26H22FN5O2. The number of ether oxygens (including phenoxy) is 1. The second-order valence-corrected chi connectivity index (χ2v) is 8.73. The van der Waals surface area contributed by atoms with Crippen molar-refractivity contribution in [2.24, 2.45) is 11.7 Å². The highest BCUT2D eigenvalue weighted by molar-refractivity contribution is 5.97. The summed E-state index contributed by atoms with van der Waals surface area (Å²) in [6.45, 7) is 8.76. The molecule has 2 bridgehead atoms. The number of nitriles is 1. The largest absolute Gasteiger partial charge is 0.504 e. The van der Waals surface area contributed by atoms with E-state index in [0.29, 0.717) is 45.4 Å². The number of anilines is 1. The topological polar surface area (TPSA) is 99.8 Å². The normalized spacial score (nSPS) is 20.7. The van der Waals surface area contributed by atoms with Gasteiger partial charge >= 0.3 is 0 Å². The Balaban J connectivity index is 1.73. The number of phenols is 1. The SMILES string of the molecule is [C-]#[N+]c1c(N2CC3CC2CC3N)ncc(-c2ccc(OC)c(O)c2)c1-c1ccc(C#N)c(F)c1. The zero-order valence-electron chi connectivity index (χ0n) is 18.5. The standard InChI is InChI=1S/C26H22FN5O2/c1-30-25-24(15-3-4-16(11-28)20(27)8-15)19(14-5-6-23(34-2)22(33)9-14)12-31-26(25)32-13-17-7-18(32)10-21(17)29/h3-6,8-9,12,17-18,21,33H,7,10,13,29H2,2H3. The van der Waals surface area contributed by atoms with E-state index in [0.717, 1.165) is 19.4 Å². The van der Waals surface area contributed by atoms with Gasteiger partial charge < -0.3 is 20.5 Å². The van der Waals surface area contributed by atoms with Crippen LogP contribution >= 0.6 is 0 Å². The minimum absolute atomic E-state index is 0.0590. The van der Waals surface area contributed by atoms with Crippen molar-refractivity contribution < 1.29 is 14.2 Å². The molecule has 1 aliphatic heterocycles. The Kier molecular flexibility index (Phi) is 5.31. The molecule has 34 heavy (non-hydrogen) atoms. The van der Waals surface area contributed by atoms with Crippen molar-refractivity contribution in [2.75, 3.05) is 18.6 Å². The lowest BCUT2D eigenvalue weighted by Gasteiger charge is -2.32. The summed E-state index contributed by atoms with van der Waals surface area (Å²) in [7, 11) is 1.46. The Morgan fingerprint density at radius 1 is 1.26 bits per heavy atom. The Bertz CT molecular complexity index is 1370. The summed E-state index contributed by atoms with van der Waals surface area (Å²) in [6, 6.07) is 11.4. The van der Waals surface area contributed by atoms with Crippen molar-refractivity contribution in [2.45, 2.75) is 24.9 Å². The number of benzene rings is 2. The molecule has 0 amide bonds. The van der Waals surface area contributed by atoms with E-state index < -0.39 is 5.82 Å². The molecule has 1 saturated heterocycles. The lowest BCUT2D eigenvalue weighted by atomic mass is 9.93. The zero-order chi connectivity index (χ0) is 24.0. The fourth-order valence-electron chi connectivity index (χ4n) is 5.19. The molecule has 1 aromatic heterocycles. The number of aromatic hydroxyl groups is 1. The number of piperidine rings is 1. The summed E-state index contributed by atoms with van der Waals surface area (Å²) < 4.78 is 19.8. The first-order chi connectivity index (χ1) is 16.4. The lowest BCUT2D eigenvalue weighted by Crippen LogP contribution is -2.41. The third-order valence-corrected chi connectivity index (χ3v) is 6.88. The molecule has 3 aromatic rings. The molecule has 8 heteroatoms. The van der Waals surface area contributed by atoms with E-state index in [-0.39, 0.29) is 23.4 Å². The van der Waals surface area contributed by atoms with Crippen LogP contribution in [0.25, 0.3) is 27.1 Å². The van der Waals surface area contributed by atoms with Gasteiger partial charge in [0.2, 0.25) is 5.69 Å². The summed E-state index contributed by atoms with van der Waals surface area (Å²) in [4.78, 5) is 10.7. The van der Waals surface area contributed by atoms with E-state index in [1.54, 1.807) is 24.4 Å². The minimum atomic E-state index is -0.663. The molecule has 3 unspecified atom stereocenters. The summed E-state index contributed by atoms with van der Waals surface area (Å²) in [5, 5.41) is 19.5. The van der Waals surface area contributed by atoms with E-state index in [9.17, 15) is 9.50 Å². The summed E-state index contributed by atoms with van der Waals surface area (Å²) >= 11 is 0. The molecule has 0 radical (unpaired) electrons. The maximum atomic E-state index is 14.6. The molecular weight excluding hydrogens is 433 g/mol. The first-order valence-electron chi connectivity index (χ1n) is 10.9. The molecule has 1 aliphatic carbocycles. The Hall–Kier alpha value is -4.14. The number of aromatic nitrogens is 1. The van der Waals surface area contributed by atoms with Crippen molar-refractivity contribution in [3.63, 3.8) is 0 Å². The van der Waals surface area contributed by atoms with Crippen LogP contribution in [0.2, 0.25) is 0 Å². The monoisotopic (exact) mass is 455 g/mol. The van der Waals surface area contributed by atoms with Gasteiger partial charge in [0.1, 0.15) is 17.7 Å². The van der Waals surface area contributed by atoms with Crippen LogP contribution in [-0.4, -0.2) is 35.8 Å². The van der Waals surface area contributed by atoms with Gasteiger partial charge in [-0.25, -0.2) is 9.24 Å². The number of fused-ring (bicyclic) bond motifs is 2. The van der Waals surface area contributed by atoms with Crippen LogP contribution in [-0.2, 0) is 0 Å². The van der Waals surface area contributed by atoms with Gasteiger partial charge in [-0.3, -0.25) is 4.98 Å². The van der Waals surface area contributed by atoms with Crippen molar-refractivity contribution in [3.8, 4) is 39.8 Å². The smallest absolute Gasteiger partial charge is 0.236 e. The number of nitrogens with two attached hydrogens (primary N) is 1. The van der Waals surface area contributed by atoms with Crippen LogP contribution in [0.1, 0.15) is 18.4 Å². The van der Waals surface area contributed by atoms with Crippen molar-refractivity contribution in [1.82, 2.24) is 4.98 Å². The first-order valence-corrected chi connectivity index (χ1v) is 10.9. The zero-order valence-corrected chi connectivity index (χ0v) is 18.5. The molecule has 5 rings (SSSR count). The molecule has 2 aliphatic rings. The van der Waals surface area contributed by atoms with E-state index in [1.807, 2.05) is 6.07 Å². The van der Waals surface area contributed by atoms with Gasteiger partial charge in [0.15, 0.2) is 11.5 Å². The Morgan fingerprint density at radius 3 is 2.65 bits per heavy atom. The van der Waals surface area contributed by atoms with Gasteiger partial charge in [-0.1, -0.05) is 12.1 Å². The van der Waals surface area contributed by atoms with E-state index >= 15 is 0 Å². The molecule has 2 fully saturated rings. The highest BCUT2D eigenvalue weighted by atomic mass is 19.1. The quantitative estimate of drug-likeness (QED) is 0.557. The average molecular weight is 455 g/mol. The predicted molar refractivity (Wildman–Crippen MR) is 126 cm³/mol. The molecule has 3 N–H and O–H groups in total. The number of halogens is 1. The van der Waals surface area contributed by atoms with Gasteiger partial charge in [-0.05, 0) is 59.7 Å². The average Bonchev–Trinajstić information content (AvgIpc) is 3.42. The van der Waals surface area contributed by atoms with Gasteiger partial charge in [0, 0.05) is 30.4 Å². The highest BCUT2D eigenvalue weighted by Crippen LogP contribution is 2.48. The predicted octanol–water partition coefficient (Wildman–Crippen LogP) is 4.62. The van der Waals surface area contributed by atoms with Crippen LogP contribution in [0, 0.1) is 29.6 Å². The molecule has 7 nitrogen and oxygen atoms in total. The third kappa shape index (κ3) is 3.40. The van der Waals surface area contributed by atoms with E-state index in [1.165, 1.54) is 25.3 Å². The van der Waals surface area contributed by atoms with Crippen LogP contribution in [0.5, 0.6) is 11.5 Å². The van der Waals surface area contributed by atoms with Crippen LogP contribution in [0.15, 0.2) is 42.6 Å². The fraction of sp³-hybridized carbons (Fsp3) is 0.269. The molecule has 3 atom stereocenters. The number of rotatable bonds is 4. The molecule has 0 spiro atoms. The summed E-state index contributed by atoms with van der Waals surface area (Å²) in [5.41, 5.74) is 8.58. The van der Waals surface area contributed by atoms with Crippen molar-refractivity contribution >= 4 is 11.5 Å². The van der Waals surface area contributed by atoms with Crippen molar-refractivity contribution in [3.05, 3.63) is 65.4 Å². The van der Waals surface area contributed by atoms with Crippen LogP contribution in [0.4, 0.5) is 15.9 Å². The maximum Gasteiger partial charge on any atom is 0.236 e. The minimum Gasteiger partial charge on any atom is -0.504 e. The molecule has 2 aromatic carbocycles. The van der Waals surface area contributed by atoms with Crippen LogP contribution < -0.4 is 15.4 Å². The number of hydrogen-bond donors (Lipinski definition) is 2. The van der Waals surface area contributed by atoms with Gasteiger partial charge in [-0.15, -0.1) is 0 Å². The third-order valence-electron chi connectivity index (χ3n) is 6.88. The number of pyridine rings is 1. The highest BCUT2D eigenvalue weighted by Gasteiger charge is 2.44. The summed E-state index contributed by atoms with van der Waals surface area (Å²) in [6.07, 6.45) is 3.47. The summed E-state index contributed by atoms with van der Waals surface area (Å²) in [5.74, 6) is 0.504. The Labute approximate surface area is 196 Å². The number of hydrogen-bond acceptors (Lipinski definition) is 6. The second kappa shape index (κ2) is 8.33. The Morgan fingerprint density at radius 2 is 2.06 bits per heavy atom. The van der Waals surface area contributed by atoms with Gasteiger partial charge in [0.25, 0.3) is 0 Å². The number of phenolic OH excluding ortho intramolecular Hbond substituents is 1. The molecule has 1 saturated carbocycles.